The van der Waals surface area contributed by atoms with Crippen LogP contribution in [-0.4, -0.2) is 45.7 Å². The number of carbonyl (C=O) groups excluding carboxylic acids is 2. The first-order valence-corrected chi connectivity index (χ1v) is 5.99. The topological polar surface area (TPSA) is 79.5 Å². The number of hydrogen-bond donors (Lipinski definition) is 3. The van der Waals surface area contributed by atoms with Crippen molar-refractivity contribution in [2.75, 3.05) is 39.2 Å². The number of rotatable bonds is 7. The van der Waals surface area contributed by atoms with E-state index >= 15 is 0 Å². The molecule has 0 unspecified atom stereocenters. The maximum atomic E-state index is 11.9. The van der Waals surface area contributed by atoms with Gasteiger partial charge in [0.05, 0.1) is 18.7 Å². The standard InChI is InChI=1S/C13H19N3O3/c1-14-11-6-4-3-5-10(11)13(18)16-9-12(17)15-7-8-19-2/h3-6,14H,7-9H2,1-2H3,(H,15,17)(H,16,18). The van der Waals surface area contributed by atoms with Gasteiger partial charge in [-0.1, -0.05) is 12.1 Å². The van der Waals surface area contributed by atoms with Crippen LogP contribution in [0.5, 0.6) is 0 Å². The second kappa shape index (κ2) is 8.10. The summed E-state index contributed by atoms with van der Waals surface area (Å²) < 4.78 is 4.81. The van der Waals surface area contributed by atoms with Crippen molar-refractivity contribution in [1.29, 1.82) is 0 Å². The first-order valence-electron chi connectivity index (χ1n) is 5.99. The predicted molar refractivity (Wildman–Crippen MR) is 73.2 cm³/mol. The van der Waals surface area contributed by atoms with E-state index in [1.165, 1.54) is 0 Å². The molecular weight excluding hydrogens is 246 g/mol. The number of ether oxygens (including phenoxy) is 1. The first-order chi connectivity index (χ1) is 9.19. The smallest absolute Gasteiger partial charge is 0.253 e. The second-order valence-corrected chi connectivity index (χ2v) is 3.82. The third kappa shape index (κ3) is 4.97. The number of carbonyl (C=O) groups is 2. The van der Waals surface area contributed by atoms with E-state index in [1.54, 1.807) is 32.4 Å². The van der Waals surface area contributed by atoms with Crippen molar-refractivity contribution in [2.24, 2.45) is 0 Å². The fourth-order valence-electron chi connectivity index (χ4n) is 1.51. The predicted octanol–water partition coefficient (Wildman–Crippen LogP) is 0.221. The van der Waals surface area contributed by atoms with Gasteiger partial charge < -0.3 is 20.7 Å². The van der Waals surface area contributed by atoms with Crippen molar-refractivity contribution in [3.63, 3.8) is 0 Å². The maximum Gasteiger partial charge on any atom is 0.253 e. The summed E-state index contributed by atoms with van der Waals surface area (Å²) >= 11 is 0. The number of anilines is 1. The Hall–Kier alpha value is -2.08. The van der Waals surface area contributed by atoms with Crippen molar-refractivity contribution in [3.05, 3.63) is 29.8 Å². The van der Waals surface area contributed by atoms with Crippen molar-refractivity contribution in [2.45, 2.75) is 0 Å². The lowest BCUT2D eigenvalue weighted by Gasteiger charge is -2.09. The monoisotopic (exact) mass is 265 g/mol. The zero-order chi connectivity index (χ0) is 14.1. The highest BCUT2D eigenvalue weighted by molar-refractivity contribution is 6.01. The van der Waals surface area contributed by atoms with Crippen molar-refractivity contribution in [1.82, 2.24) is 10.6 Å². The molecule has 0 aliphatic rings. The SMILES string of the molecule is CNc1ccccc1C(=O)NCC(=O)NCCOC. The summed E-state index contributed by atoms with van der Waals surface area (Å²) in [5.41, 5.74) is 1.23. The molecule has 1 aromatic carbocycles. The van der Waals surface area contributed by atoms with Gasteiger partial charge in [0, 0.05) is 26.4 Å². The minimum atomic E-state index is -0.285. The van der Waals surface area contributed by atoms with Gasteiger partial charge >= 0.3 is 0 Å². The Morgan fingerprint density at radius 1 is 1.21 bits per heavy atom. The molecule has 1 rings (SSSR count). The molecule has 6 heteroatoms. The maximum absolute atomic E-state index is 11.9. The van der Waals surface area contributed by atoms with Gasteiger partial charge in [-0.3, -0.25) is 9.59 Å². The summed E-state index contributed by atoms with van der Waals surface area (Å²) in [5.74, 6) is -0.529. The van der Waals surface area contributed by atoms with Gasteiger partial charge in [-0.25, -0.2) is 0 Å². The molecule has 0 heterocycles. The molecule has 0 saturated carbocycles. The van der Waals surface area contributed by atoms with Gasteiger partial charge in [-0.15, -0.1) is 0 Å². The van der Waals surface area contributed by atoms with Crippen LogP contribution < -0.4 is 16.0 Å². The van der Waals surface area contributed by atoms with Crippen LogP contribution in [0.4, 0.5) is 5.69 Å². The molecule has 0 saturated heterocycles. The van der Waals surface area contributed by atoms with Gasteiger partial charge in [0.2, 0.25) is 5.91 Å². The van der Waals surface area contributed by atoms with Crippen LogP contribution in [0.1, 0.15) is 10.4 Å². The van der Waals surface area contributed by atoms with E-state index in [0.29, 0.717) is 18.7 Å². The van der Waals surface area contributed by atoms with Crippen LogP contribution in [0, 0.1) is 0 Å². The number of benzene rings is 1. The van der Waals surface area contributed by atoms with E-state index in [-0.39, 0.29) is 18.4 Å². The molecule has 2 amide bonds. The summed E-state index contributed by atoms with van der Waals surface area (Å²) in [6.07, 6.45) is 0. The Labute approximate surface area is 112 Å². The van der Waals surface area contributed by atoms with Crippen molar-refractivity contribution < 1.29 is 14.3 Å². The molecule has 0 radical (unpaired) electrons. The first kappa shape index (κ1) is 15.0. The van der Waals surface area contributed by atoms with E-state index in [2.05, 4.69) is 16.0 Å². The molecule has 0 fully saturated rings. The average Bonchev–Trinajstić information content (AvgIpc) is 2.45. The van der Waals surface area contributed by atoms with Crippen LogP contribution >= 0.6 is 0 Å². The fraction of sp³-hybridized carbons (Fsp3) is 0.385. The van der Waals surface area contributed by atoms with E-state index in [9.17, 15) is 9.59 Å². The Balaban J connectivity index is 2.44. The molecule has 0 aliphatic carbocycles. The van der Waals surface area contributed by atoms with Crippen LogP contribution in [0.15, 0.2) is 24.3 Å². The summed E-state index contributed by atoms with van der Waals surface area (Å²) in [5, 5.41) is 8.12. The second-order valence-electron chi connectivity index (χ2n) is 3.82. The minimum absolute atomic E-state index is 0.0550. The van der Waals surface area contributed by atoms with Gasteiger partial charge in [-0.2, -0.15) is 0 Å². The number of para-hydroxylation sites is 1. The van der Waals surface area contributed by atoms with Gasteiger partial charge in [0.25, 0.3) is 5.91 Å². The number of methoxy groups -OCH3 is 1. The van der Waals surface area contributed by atoms with E-state index < -0.39 is 0 Å². The largest absolute Gasteiger partial charge is 0.387 e. The van der Waals surface area contributed by atoms with E-state index in [1.807, 2.05) is 6.07 Å². The van der Waals surface area contributed by atoms with Gasteiger partial charge in [-0.05, 0) is 12.1 Å². The Morgan fingerprint density at radius 2 is 1.95 bits per heavy atom. The molecule has 0 aliphatic heterocycles. The van der Waals surface area contributed by atoms with Crippen molar-refractivity contribution in [3.8, 4) is 0 Å². The number of amides is 2. The minimum Gasteiger partial charge on any atom is -0.387 e. The lowest BCUT2D eigenvalue weighted by molar-refractivity contribution is -0.120. The van der Waals surface area contributed by atoms with Crippen LogP contribution in [-0.2, 0) is 9.53 Å². The highest BCUT2D eigenvalue weighted by Crippen LogP contribution is 2.13. The molecule has 1 aromatic rings. The lowest BCUT2D eigenvalue weighted by atomic mass is 10.1. The Morgan fingerprint density at radius 3 is 2.63 bits per heavy atom. The fourth-order valence-corrected chi connectivity index (χ4v) is 1.51. The number of hydrogen-bond acceptors (Lipinski definition) is 4. The highest BCUT2D eigenvalue weighted by atomic mass is 16.5. The third-order valence-electron chi connectivity index (χ3n) is 2.48. The summed E-state index contributed by atoms with van der Waals surface area (Å²) in [6.45, 7) is 0.821. The van der Waals surface area contributed by atoms with Crippen LogP contribution in [0.3, 0.4) is 0 Å². The number of nitrogens with one attached hydrogen (secondary N) is 3. The zero-order valence-electron chi connectivity index (χ0n) is 11.2. The molecule has 3 N–H and O–H groups in total. The Bertz CT molecular complexity index is 435. The van der Waals surface area contributed by atoms with Crippen LogP contribution in [0.25, 0.3) is 0 Å². The van der Waals surface area contributed by atoms with Gasteiger partial charge in [0.1, 0.15) is 0 Å². The molecule has 0 atom stereocenters. The average molecular weight is 265 g/mol. The quantitative estimate of drug-likeness (QED) is 0.616. The van der Waals surface area contributed by atoms with E-state index in [0.717, 1.165) is 5.69 Å². The van der Waals surface area contributed by atoms with E-state index in [4.69, 9.17) is 4.74 Å². The molecular formula is C13H19N3O3. The molecule has 19 heavy (non-hydrogen) atoms. The van der Waals surface area contributed by atoms with Crippen LogP contribution in [0.2, 0.25) is 0 Å². The zero-order valence-corrected chi connectivity index (χ0v) is 11.2. The molecule has 0 aromatic heterocycles. The normalized spacial score (nSPS) is 9.79. The lowest BCUT2D eigenvalue weighted by Crippen LogP contribution is -2.38. The summed E-state index contributed by atoms with van der Waals surface area (Å²) in [6, 6.07) is 7.10. The van der Waals surface area contributed by atoms with Gasteiger partial charge in [0.15, 0.2) is 0 Å². The third-order valence-corrected chi connectivity index (χ3v) is 2.48. The molecule has 0 bridgehead atoms. The summed E-state index contributed by atoms with van der Waals surface area (Å²) in [4.78, 5) is 23.3. The Kier molecular flexibility index (Phi) is 6.38. The van der Waals surface area contributed by atoms with Crippen molar-refractivity contribution >= 4 is 17.5 Å². The molecule has 104 valence electrons. The highest BCUT2D eigenvalue weighted by Gasteiger charge is 2.10. The molecule has 0 spiro atoms. The summed E-state index contributed by atoms with van der Waals surface area (Å²) in [7, 11) is 3.30. The molecule has 6 nitrogen and oxygen atoms in total.